The molecule has 0 heterocycles. The lowest BCUT2D eigenvalue weighted by Gasteiger charge is -2.61. The molecule has 2 unspecified atom stereocenters. The molecular formula is C18H29NO4. The third kappa shape index (κ3) is 3.04. The maximum atomic E-state index is 12.3. The highest BCUT2D eigenvalue weighted by molar-refractivity contribution is 5.77. The van der Waals surface area contributed by atoms with Crippen molar-refractivity contribution in [3.05, 3.63) is 24.4 Å². The molecule has 0 aromatic heterocycles. The number of hydrogen-bond acceptors (Lipinski definition) is 5. The van der Waals surface area contributed by atoms with E-state index in [1.165, 1.54) is 6.08 Å². The smallest absolute Gasteiger partial charge is 0.331 e. The van der Waals surface area contributed by atoms with Gasteiger partial charge in [-0.05, 0) is 44.4 Å². The van der Waals surface area contributed by atoms with Gasteiger partial charge in [0.1, 0.15) is 11.7 Å². The summed E-state index contributed by atoms with van der Waals surface area (Å²) in [5.41, 5.74) is -0.431. The maximum absolute atomic E-state index is 12.3. The van der Waals surface area contributed by atoms with E-state index >= 15 is 0 Å². The number of carbonyl (C=O) groups excluding carboxylic acids is 1. The number of aliphatic hydroxyl groups excluding tert-OH is 1. The van der Waals surface area contributed by atoms with Crippen LogP contribution in [0.15, 0.2) is 24.4 Å². The van der Waals surface area contributed by atoms with Gasteiger partial charge in [0, 0.05) is 5.70 Å². The maximum Gasteiger partial charge on any atom is 0.331 e. The molecular weight excluding hydrogens is 294 g/mol. The average molecular weight is 323 g/mol. The van der Waals surface area contributed by atoms with Gasteiger partial charge < -0.3 is 20.3 Å². The van der Waals surface area contributed by atoms with Crippen molar-refractivity contribution >= 4 is 5.97 Å². The zero-order valence-corrected chi connectivity index (χ0v) is 14.7. The van der Waals surface area contributed by atoms with Crippen LogP contribution in [0.4, 0.5) is 0 Å². The molecule has 0 amide bonds. The molecule has 5 heteroatoms. The minimum atomic E-state index is -1.09. The van der Waals surface area contributed by atoms with Gasteiger partial charge in [-0.25, -0.2) is 4.79 Å². The predicted molar refractivity (Wildman–Crippen MR) is 88.4 cm³/mol. The molecule has 130 valence electrons. The molecule has 0 aromatic carbocycles. The summed E-state index contributed by atoms with van der Waals surface area (Å²) in [5.74, 6) is -0.0735. The molecule has 0 saturated heterocycles. The van der Waals surface area contributed by atoms with E-state index < -0.39 is 23.7 Å². The Balaban J connectivity index is 2.23. The van der Waals surface area contributed by atoms with E-state index in [0.29, 0.717) is 11.6 Å². The van der Waals surface area contributed by atoms with Crippen LogP contribution in [0.2, 0.25) is 0 Å². The number of ether oxygens (including phenoxy) is 1. The molecule has 5 atom stereocenters. The van der Waals surface area contributed by atoms with Crippen molar-refractivity contribution in [1.82, 2.24) is 5.32 Å². The summed E-state index contributed by atoms with van der Waals surface area (Å²) >= 11 is 0. The van der Waals surface area contributed by atoms with Gasteiger partial charge in [0.05, 0.1) is 6.10 Å². The topological polar surface area (TPSA) is 78.8 Å². The van der Waals surface area contributed by atoms with Crippen molar-refractivity contribution in [1.29, 1.82) is 0 Å². The van der Waals surface area contributed by atoms with E-state index in [1.807, 2.05) is 6.08 Å². The number of carbonyl (C=O) groups is 1. The van der Waals surface area contributed by atoms with Crippen LogP contribution in [0.5, 0.6) is 0 Å². The Morgan fingerprint density at radius 3 is 2.52 bits per heavy atom. The van der Waals surface area contributed by atoms with Crippen LogP contribution in [0.25, 0.3) is 0 Å². The third-order valence-electron chi connectivity index (χ3n) is 5.43. The van der Waals surface area contributed by atoms with Gasteiger partial charge in [-0.15, -0.1) is 6.58 Å². The Hall–Kier alpha value is -1.33. The zero-order chi connectivity index (χ0) is 17.6. The second kappa shape index (κ2) is 5.95. The number of nitrogens with one attached hydrogen (secondary N) is 1. The van der Waals surface area contributed by atoms with Crippen molar-refractivity contribution in [3.63, 3.8) is 0 Å². The fraction of sp³-hybridized carbons (Fsp3) is 0.722. The molecule has 0 aromatic rings. The Kier molecular flexibility index (Phi) is 4.66. The molecule has 0 spiro atoms. The highest BCUT2D eigenvalue weighted by atomic mass is 16.5. The molecule has 3 rings (SSSR count). The first kappa shape index (κ1) is 18.0. The van der Waals surface area contributed by atoms with Crippen LogP contribution in [0.1, 0.15) is 41.0 Å². The molecule has 3 aliphatic rings. The van der Waals surface area contributed by atoms with Gasteiger partial charge in [-0.2, -0.15) is 0 Å². The first-order chi connectivity index (χ1) is 10.5. The number of allylic oxidation sites excluding steroid dienone is 1. The zero-order valence-electron chi connectivity index (χ0n) is 14.7. The quantitative estimate of drug-likeness (QED) is 0.513. The van der Waals surface area contributed by atoms with Crippen LogP contribution in [0, 0.1) is 17.3 Å². The second-order valence-electron chi connectivity index (χ2n) is 7.78. The van der Waals surface area contributed by atoms with Crippen LogP contribution in [-0.2, 0) is 9.53 Å². The average Bonchev–Trinajstić information content (AvgIpc) is 2.42. The van der Waals surface area contributed by atoms with Gasteiger partial charge in [0.15, 0.2) is 6.04 Å². The molecule has 1 saturated carbocycles. The van der Waals surface area contributed by atoms with E-state index in [4.69, 9.17) is 4.74 Å². The van der Waals surface area contributed by atoms with E-state index in [9.17, 15) is 15.0 Å². The van der Waals surface area contributed by atoms with Crippen LogP contribution in [0.3, 0.4) is 0 Å². The van der Waals surface area contributed by atoms with Crippen molar-refractivity contribution in [3.8, 4) is 0 Å². The molecule has 2 bridgehead atoms. The van der Waals surface area contributed by atoms with Gasteiger partial charge in [0.2, 0.25) is 0 Å². The van der Waals surface area contributed by atoms with E-state index in [2.05, 4.69) is 25.7 Å². The van der Waals surface area contributed by atoms with Crippen LogP contribution in [-0.4, -0.2) is 40.0 Å². The molecule has 0 radical (unpaired) electrons. The van der Waals surface area contributed by atoms with Crippen molar-refractivity contribution in [2.45, 2.75) is 64.9 Å². The van der Waals surface area contributed by atoms with E-state index in [-0.39, 0.29) is 17.4 Å². The lowest BCUT2D eigenvalue weighted by molar-refractivity contribution is -0.154. The summed E-state index contributed by atoms with van der Waals surface area (Å²) in [5, 5.41) is 24.1. The van der Waals surface area contributed by atoms with Crippen molar-refractivity contribution in [2.75, 3.05) is 0 Å². The molecule has 3 N–H and O–H groups in total. The van der Waals surface area contributed by atoms with Gasteiger partial charge >= 0.3 is 5.97 Å². The van der Waals surface area contributed by atoms with Crippen molar-refractivity contribution < 1.29 is 19.7 Å². The SMILES string of the molecule is C=C[C@@H](O)[C@@H](NC1=CC2CC(C2(C)C)[C@@]1(C)O)C(=O)OC(C)C. The van der Waals surface area contributed by atoms with Crippen LogP contribution < -0.4 is 5.32 Å². The number of hydrogen-bond donors (Lipinski definition) is 3. The summed E-state index contributed by atoms with van der Waals surface area (Å²) in [6, 6.07) is -0.978. The number of rotatable bonds is 6. The largest absolute Gasteiger partial charge is 0.461 e. The summed E-state index contributed by atoms with van der Waals surface area (Å²) < 4.78 is 5.21. The normalized spacial score (nSPS) is 34.0. The fourth-order valence-electron chi connectivity index (χ4n) is 3.84. The first-order valence-corrected chi connectivity index (χ1v) is 8.24. The third-order valence-corrected chi connectivity index (χ3v) is 5.43. The van der Waals surface area contributed by atoms with Gasteiger partial charge in [-0.3, -0.25) is 0 Å². The fourth-order valence-corrected chi connectivity index (χ4v) is 3.84. The minimum Gasteiger partial charge on any atom is -0.461 e. The predicted octanol–water partition coefficient (Wildman–Crippen LogP) is 1.75. The second-order valence-corrected chi connectivity index (χ2v) is 7.78. The summed E-state index contributed by atoms with van der Waals surface area (Å²) in [7, 11) is 0. The Morgan fingerprint density at radius 1 is 1.48 bits per heavy atom. The van der Waals surface area contributed by atoms with E-state index in [0.717, 1.165) is 6.42 Å². The number of esters is 1. The molecule has 23 heavy (non-hydrogen) atoms. The molecule has 5 nitrogen and oxygen atoms in total. The first-order valence-electron chi connectivity index (χ1n) is 8.24. The lowest BCUT2D eigenvalue weighted by atomic mass is 9.46. The number of aliphatic hydroxyl groups is 2. The number of fused-ring (bicyclic) bond motifs is 1. The highest BCUT2D eigenvalue weighted by Crippen LogP contribution is 2.61. The monoisotopic (exact) mass is 323 g/mol. The summed E-state index contributed by atoms with van der Waals surface area (Å²) in [6.45, 7) is 13.1. The van der Waals surface area contributed by atoms with Crippen molar-refractivity contribution in [2.24, 2.45) is 17.3 Å². The van der Waals surface area contributed by atoms with E-state index in [1.54, 1.807) is 20.8 Å². The standard InChI is InChI=1S/C18H29NO4/c1-7-12(20)15(16(21)23-10(2)3)19-14-9-11-8-13(17(11,4)5)18(14,6)22/h7,9-13,15,19-20,22H,1,8H2,2-6H3/t11?,12-,13?,15-,18-/m1/s1. The van der Waals surface area contributed by atoms with Crippen LogP contribution >= 0.6 is 0 Å². The molecule has 0 aliphatic heterocycles. The van der Waals surface area contributed by atoms with Gasteiger partial charge in [-0.1, -0.05) is 26.0 Å². The minimum absolute atomic E-state index is 0.0413. The Bertz CT molecular complexity index is 521. The summed E-state index contributed by atoms with van der Waals surface area (Å²) in [4.78, 5) is 12.3. The summed E-state index contributed by atoms with van der Waals surface area (Å²) in [6.07, 6.45) is 2.85. The Labute approximate surface area is 138 Å². The Morgan fingerprint density at radius 2 is 2.09 bits per heavy atom. The molecule has 3 aliphatic carbocycles. The van der Waals surface area contributed by atoms with Gasteiger partial charge in [0.25, 0.3) is 0 Å². The lowest BCUT2D eigenvalue weighted by Crippen LogP contribution is -2.63. The molecule has 1 fully saturated rings. The highest BCUT2D eigenvalue weighted by Gasteiger charge is 2.59.